The van der Waals surface area contributed by atoms with Gasteiger partial charge < -0.3 is 9.84 Å². The number of fused-ring (bicyclic) bond motifs is 4. The fourth-order valence-electron chi connectivity index (χ4n) is 9.29. The van der Waals surface area contributed by atoms with Crippen molar-refractivity contribution in [2.24, 2.45) is 23.7 Å². The van der Waals surface area contributed by atoms with Crippen LogP contribution in [0.2, 0.25) is 0 Å². The number of phenolic OH excluding ortho intramolecular Hbond substituents is 1. The number of hydrogen-bond acceptors (Lipinski definition) is 7. The van der Waals surface area contributed by atoms with E-state index in [-0.39, 0.29) is 53.2 Å². The first kappa shape index (κ1) is 33.7. The van der Waals surface area contributed by atoms with Crippen LogP contribution in [0.25, 0.3) is 5.57 Å². The Labute approximate surface area is 308 Å². The van der Waals surface area contributed by atoms with Crippen LogP contribution in [0.15, 0.2) is 119 Å². The van der Waals surface area contributed by atoms with Gasteiger partial charge in [0.15, 0.2) is 28.8 Å². The van der Waals surface area contributed by atoms with E-state index in [1.54, 1.807) is 48.5 Å². The van der Waals surface area contributed by atoms with E-state index in [1.807, 2.05) is 54.6 Å². The molecule has 9 heteroatoms. The second kappa shape index (κ2) is 12.7. The van der Waals surface area contributed by atoms with Crippen molar-refractivity contribution in [2.75, 3.05) is 12.0 Å². The number of aromatic hydroxyl groups is 1. The van der Waals surface area contributed by atoms with E-state index in [9.17, 15) is 19.5 Å². The molecule has 6 unspecified atom stereocenters. The lowest BCUT2D eigenvalue weighted by molar-refractivity contribution is -0.135. The minimum atomic E-state index is -1.50. The van der Waals surface area contributed by atoms with E-state index in [1.165, 1.54) is 25.0 Å². The van der Waals surface area contributed by atoms with E-state index < -0.39 is 40.9 Å². The Morgan fingerprint density at radius 1 is 0.885 bits per heavy atom. The number of nitrogens with zero attached hydrogens (tertiary/aromatic N) is 1. The summed E-state index contributed by atoms with van der Waals surface area (Å²) in [5.74, 6) is -5.36. The van der Waals surface area contributed by atoms with Crippen molar-refractivity contribution in [2.45, 2.75) is 31.1 Å². The lowest BCUT2D eigenvalue weighted by Crippen LogP contribution is -2.58. The zero-order chi connectivity index (χ0) is 36.5. The quantitative estimate of drug-likeness (QED) is 0.124. The molecule has 0 bridgehead atoms. The molecule has 2 amide bonds. The minimum Gasteiger partial charge on any atom is -0.504 e. The van der Waals surface area contributed by atoms with Gasteiger partial charge in [0.25, 0.3) is 0 Å². The largest absolute Gasteiger partial charge is 0.504 e. The highest BCUT2D eigenvalue weighted by Gasteiger charge is 2.66. The van der Waals surface area contributed by atoms with Crippen LogP contribution in [0.5, 0.6) is 11.5 Å². The molecule has 4 aliphatic rings. The maximum Gasteiger partial charge on any atom is 0.238 e. The Kier molecular flexibility index (Phi) is 8.21. The third-order valence-electron chi connectivity index (χ3n) is 11.5. The SMILES string of the molecule is COc1cc(Br)cc(C2C3=CCC4C(=O)N(c5ccc(C(C)=O)cc5)C(=O)C4C3CC3C(=O)C(c4ccccc4)=CC(=O)C32c2ccccc2)c1O. The fraction of sp³-hybridized carbons (Fsp3) is 0.233. The lowest BCUT2D eigenvalue weighted by atomic mass is 9.44. The number of halogens is 1. The Bertz CT molecular complexity index is 2240. The molecule has 1 aliphatic heterocycles. The predicted octanol–water partition coefficient (Wildman–Crippen LogP) is 7.39. The summed E-state index contributed by atoms with van der Waals surface area (Å²) in [4.78, 5) is 72.2. The van der Waals surface area contributed by atoms with Crippen LogP contribution in [-0.4, -0.2) is 41.4 Å². The summed E-state index contributed by atoms with van der Waals surface area (Å²) in [6.45, 7) is 1.45. The number of allylic oxidation sites excluding steroid dienone is 4. The van der Waals surface area contributed by atoms with Gasteiger partial charge in [0.1, 0.15) is 0 Å². The molecule has 8 rings (SSSR count). The number of Topliss-reactive ketones (excluding diaryl/α,β-unsaturated/α-hetero) is 2. The van der Waals surface area contributed by atoms with Crippen molar-refractivity contribution in [3.63, 3.8) is 0 Å². The number of hydrogen-bond donors (Lipinski definition) is 1. The zero-order valence-electron chi connectivity index (χ0n) is 28.4. The van der Waals surface area contributed by atoms with Crippen molar-refractivity contribution in [1.29, 1.82) is 0 Å². The van der Waals surface area contributed by atoms with Gasteiger partial charge in [-0.2, -0.15) is 0 Å². The smallest absolute Gasteiger partial charge is 0.238 e. The molecule has 0 radical (unpaired) electrons. The van der Waals surface area contributed by atoms with Crippen molar-refractivity contribution >= 4 is 56.4 Å². The second-order valence-corrected chi connectivity index (χ2v) is 14.9. The molecule has 0 spiro atoms. The van der Waals surface area contributed by atoms with Gasteiger partial charge in [-0.05, 0) is 79.3 Å². The van der Waals surface area contributed by atoms with E-state index in [4.69, 9.17) is 4.74 Å². The number of ketones is 3. The van der Waals surface area contributed by atoms with Crippen LogP contribution < -0.4 is 9.64 Å². The van der Waals surface area contributed by atoms with Crippen molar-refractivity contribution in [3.8, 4) is 11.5 Å². The van der Waals surface area contributed by atoms with Gasteiger partial charge in [-0.15, -0.1) is 0 Å². The van der Waals surface area contributed by atoms with E-state index in [2.05, 4.69) is 15.9 Å². The van der Waals surface area contributed by atoms with Crippen molar-refractivity contribution in [1.82, 2.24) is 0 Å². The Hall–Kier alpha value is -5.41. The normalized spacial score (nSPS) is 26.6. The molecule has 52 heavy (non-hydrogen) atoms. The average Bonchev–Trinajstić information content (AvgIpc) is 3.42. The molecule has 1 saturated carbocycles. The maximum absolute atomic E-state index is 15.2. The number of carbonyl (C=O) groups is 5. The first-order chi connectivity index (χ1) is 25.1. The molecule has 6 atom stereocenters. The van der Waals surface area contributed by atoms with Crippen LogP contribution in [0.4, 0.5) is 5.69 Å². The predicted molar refractivity (Wildman–Crippen MR) is 198 cm³/mol. The first-order valence-electron chi connectivity index (χ1n) is 17.2. The summed E-state index contributed by atoms with van der Waals surface area (Å²) in [7, 11) is 1.44. The van der Waals surface area contributed by atoms with Crippen LogP contribution in [-0.2, 0) is 24.6 Å². The molecule has 2 fully saturated rings. The number of imide groups is 1. The second-order valence-electron chi connectivity index (χ2n) is 13.9. The van der Waals surface area contributed by atoms with E-state index in [0.29, 0.717) is 32.4 Å². The minimum absolute atomic E-state index is 0.133. The summed E-state index contributed by atoms with van der Waals surface area (Å²) >= 11 is 3.58. The Morgan fingerprint density at radius 3 is 2.21 bits per heavy atom. The highest BCUT2D eigenvalue weighted by molar-refractivity contribution is 9.10. The zero-order valence-corrected chi connectivity index (χ0v) is 30.0. The summed E-state index contributed by atoms with van der Waals surface area (Å²) in [5, 5.41) is 11.9. The molecule has 1 saturated heterocycles. The molecule has 260 valence electrons. The highest BCUT2D eigenvalue weighted by atomic mass is 79.9. The highest BCUT2D eigenvalue weighted by Crippen LogP contribution is 2.65. The lowest BCUT2D eigenvalue weighted by Gasteiger charge is -2.55. The molecule has 1 heterocycles. The van der Waals surface area contributed by atoms with Crippen molar-refractivity contribution < 1.29 is 33.8 Å². The number of methoxy groups -OCH3 is 1. The summed E-state index contributed by atoms with van der Waals surface area (Å²) in [5.41, 5.74) is 1.96. The van der Waals surface area contributed by atoms with Gasteiger partial charge in [-0.3, -0.25) is 28.9 Å². The van der Waals surface area contributed by atoms with E-state index >= 15 is 9.59 Å². The monoisotopic (exact) mass is 755 g/mol. The van der Waals surface area contributed by atoms with Gasteiger partial charge in [0.2, 0.25) is 11.8 Å². The van der Waals surface area contributed by atoms with Crippen LogP contribution in [0.3, 0.4) is 0 Å². The first-order valence-corrected chi connectivity index (χ1v) is 18.0. The van der Waals surface area contributed by atoms with Crippen LogP contribution >= 0.6 is 15.9 Å². The maximum atomic E-state index is 15.2. The van der Waals surface area contributed by atoms with Gasteiger partial charge >= 0.3 is 0 Å². The molecular formula is C43H34BrNO7. The number of phenols is 1. The Morgan fingerprint density at radius 2 is 1.56 bits per heavy atom. The standard InChI is InChI=1S/C43H34BrNO7/c1-23(46)24-13-15-28(16-14-24)45-41(50)30-18-17-29-32(37(30)42(45)51)21-34-39(48)31(25-9-5-3-6-10-25)22-36(47)43(34,26-11-7-4-8-12-26)38(29)33-19-27(44)20-35(52-2)40(33)49/h3-17,19-20,22,30,32,34,37-38,49H,18,21H2,1-2H3. The Balaban J connectivity index is 1.36. The molecule has 0 aromatic heterocycles. The van der Waals surface area contributed by atoms with Crippen LogP contribution in [0, 0.1) is 23.7 Å². The summed E-state index contributed by atoms with van der Waals surface area (Å²) in [6.07, 6.45) is 3.76. The summed E-state index contributed by atoms with van der Waals surface area (Å²) < 4.78 is 6.18. The van der Waals surface area contributed by atoms with Gasteiger partial charge in [-0.1, -0.05) is 88.2 Å². The summed E-state index contributed by atoms with van der Waals surface area (Å²) in [6, 6.07) is 28.1. The number of rotatable bonds is 6. The number of anilines is 1. The molecule has 1 N–H and O–H groups in total. The molecule has 4 aromatic carbocycles. The number of benzene rings is 4. The number of carbonyl (C=O) groups excluding carboxylic acids is 5. The third kappa shape index (κ3) is 4.89. The molecule has 4 aromatic rings. The number of ether oxygens (including phenoxy) is 1. The van der Waals surface area contributed by atoms with Gasteiger partial charge in [0, 0.05) is 33.0 Å². The van der Waals surface area contributed by atoms with Crippen LogP contribution in [0.1, 0.15) is 52.7 Å². The molecule has 8 nitrogen and oxygen atoms in total. The van der Waals surface area contributed by atoms with Crippen molar-refractivity contribution in [3.05, 3.63) is 142 Å². The van der Waals surface area contributed by atoms with Gasteiger partial charge in [-0.25, -0.2) is 0 Å². The topological polar surface area (TPSA) is 118 Å². The average molecular weight is 757 g/mol. The third-order valence-corrected chi connectivity index (χ3v) is 12.0. The molecular weight excluding hydrogens is 722 g/mol. The fourth-order valence-corrected chi connectivity index (χ4v) is 9.74. The molecule has 3 aliphatic carbocycles. The number of amides is 2. The van der Waals surface area contributed by atoms with Gasteiger partial charge in [0.05, 0.1) is 30.0 Å². The van der Waals surface area contributed by atoms with E-state index in [0.717, 1.165) is 5.57 Å².